The molecule has 4 heteroatoms. The molecule has 96 valence electrons. The van der Waals surface area contributed by atoms with Gasteiger partial charge in [0.05, 0.1) is 12.5 Å². The van der Waals surface area contributed by atoms with E-state index in [9.17, 15) is 9.59 Å². The maximum Gasteiger partial charge on any atom is 0.330 e. The van der Waals surface area contributed by atoms with Gasteiger partial charge < -0.3 is 9.84 Å². The van der Waals surface area contributed by atoms with Crippen LogP contribution in [0.15, 0.2) is 12.2 Å². The molecule has 1 aliphatic rings. The minimum absolute atomic E-state index is 0.0772. The van der Waals surface area contributed by atoms with Crippen LogP contribution in [-0.4, -0.2) is 23.7 Å². The van der Waals surface area contributed by atoms with Gasteiger partial charge in [-0.2, -0.15) is 0 Å². The molecule has 1 N–H and O–H groups in total. The van der Waals surface area contributed by atoms with Crippen LogP contribution in [0.1, 0.15) is 27.7 Å². The summed E-state index contributed by atoms with van der Waals surface area (Å²) in [5.74, 6) is -1.37. The summed E-state index contributed by atoms with van der Waals surface area (Å²) in [6.45, 7) is 8.09. The van der Waals surface area contributed by atoms with Gasteiger partial charge in [-0.25, -0.2) is 4.79 Å². The van der Waals surface area contributed by atoms with E-state index in [4.69, 9.17) is 9.84 Å². The Bertz CT molecular complexity index is 341. The number of rotatable bonds is 5. The molecule has 1 fully saturated rings. The normalized spacial score (nSPS) is 26.2. The lowest BCUT2D eigenvalue weighted by Crippen LogP contribution is -2.07. The monoisotopic (exact) mass is 240 g/mol. The number of esters is 1. The van der Waals surface area contributed by atoms with Crippen molar-refractivity contribution in [1.29, 1.82) is 0 Å². The number of carboxylic acids is 1. The molecule has 0 heterocycles. The van der Waals surface area contributed by atoms with Crippen LogP contribution in [0.5, 0.6) is 0 Å². The molecular weight excluding hydrogens is 220 g/mol. The molecule has 0 aromatic carbocycles. The molecule has 4 nitrogen and oxygen atoms in total. The Labute approximate surface area is 102 Å². The minimum atomic E-state index is -0.805. The molecule has 0 saturated heterocycles. The van der Waals surface area contributed by atoms with Gasteiger partial charge in [0.15, 0.2) is 0 Å². The van der Waals surface area contributed by atoms with Gasteiger partial charge in [-0.1, -0.05) is 33.8 Å². The summed E-state index contributed by atoms with van der Waals surface area (Å²) >= 11 is 0. The fourth-order valence-corrected chi connectivity index (χ4v) is 1.99. The average Bonchev–Trinajstić information content (AvgIpc) is 2.74. The van der Waals surface area contributed by atoms with E-state index in [-0.39, 0.29) is 11.3 Å². The van der Waals surface area contributed by atoms with Crippen molar-refractivity contribution in [3.8, 4) is 0 Å². The van der Waals surface area contributed by atoms with E-state index in [1.165, 1.54) is 6.08 Å². The lowest BCUT2D eigenvalue weighted by molar-refractivity contribution is -0.140. The summed E-state index contributed by atoms with van der Waals surface area (Å²) < 4.78 is 4.97. The molecule has 0 aromatic heterocycles. The van der Waals surface area contributed by atoms with E-state index >= 15 is 0 Å². The second-order valence-electron chi connectivity index (χ2n) is 5.55. The van der Waals surface area contributed by atoms with Crippen molar-refractivity contribution >= 4 is 11.9 Å². The first kappa shape index (κ1) is 13.7. The summed E-state index contributed by atoms with van der Waals surface area (Å²) in [6.07, 6.45) is 3.00. The van der Waals surface area contributed by atoms with Gasteiger partial charge >= 0.3 is 11.9 Å². The second kappa shape index (κ2) is 4.90. The molecule has 0 spiro atoms. The topological polar surface area (TPSA) is 63.6 Å². The number of aliphatic carboxylic acids is 1. The Morgan fingerprint density at radius 1 is 1.41 bits per heavy atom. The first-order valence-electron chi connectivity index (χ1n) is 5.84. The number of ether oxygens (including phenoxy) is 1. The van der Waals surface area contributed by atoms with Crippen LogP contribution in [0.2, 0.25) is 0 Å². The second-order valence-corrected chi connectivity index (χ2v) is 5.55. The first-order valence-corrected chi connectivity index (χ1v) is 5.84. The third-order valence-electron chi connectivity index (χ3n) is 3.18. The number of carboxylic acid groups (broad SMARTS) is 1. The highest BCUT2D eigenvalue weighted by Gasteiger charge is 2.60. The Hall–Kier alpha value is -1.32. The van der Waals surface area contributed by atoms with Crippen LogP contribution in [0.4, 0.5) is 0 Å². The van der Waals surface area contributed by atoms with Crippen molar-refractivity contribution in [2.75, 3.05) is 6.61 Å². The molecule has 1 aliphatic carbocycles. The summed E-state index contributed by atoms with van der Waals surface area (Å²) in [5, 5.41) is 8.95. The Morgan fingerprint density at radius 2 is 2.00 bits per heavy atom. The smallest absolute Gasteiger partial charge is 0.330 e. The van der Waals surface area contributed by atoms with Gasteiger partial charge in [0.1, 0.15) is 0 Å². The van der Waals surface area contributed by atoms with Crippen LogP contribution >= 0.6 is 0 Å². The Morgan fingerprint density at radius 3 is 2.41 bits per heavy atom. The van der Waals surface area contributed by atoms with Gasteiger partial charge in [-0.15, -0.1) is 0 Å². The van der Waals surface area contributed by atoms with Crippen molar-refractivity contribution in [3.05, 3.63) is 12.2 Å². The van der Waals surface area contributed by atoms with Crippen LogP contribution < -0.4 is 0 Å². The Kier molecular flexibility index (Phi) is 3.96. The molecular formula is C13H20O4. The van der Waals surface area contributed by atoms with Crippen LogP contribution in [0, 0.1) is 23.2 Å². The highest BCUT2D eigenvalue weighted by Crippen LogP contribution is 2.58. The van der Waals surface area contributed by atoms with E-state index in [0.717, 1.165) is 0 Å². The summed E-state index contributed by atoms with van der Waals surface area (Å²) in [4.78, 5) is 22.2. The van der Waals surface area contributed by atoms with E-state index in [1.54, 1.807) is 6.08 Å². The maximum atomic E-state index is 11.3. The lowest BCUT2D eigenvalue weighted by atomic mass is 10.1. The summed E-state index contributed by atoms with van der Waals surface area (Å²) in [7, 11) is 0. The fraction of sp³-hybridized carbons (Fsp3) is 0.692. The van der Waals surface area contributed by atoms with Gasteiger partial charge in [0.2, 0.25) is 0 Å². The van der Waals surface area contributed by atoms with Gasteiger partial charge in [0.25, 0.3) is 0 Å². The van der Waals surface area contributed by atoms with Crippen LogP contribution in [0.3, 0.4) is 0 Å². The molecule has 1 rings (SSSR count). The average molecular weight is 240 g/mol. The van der Waals surface area contributed by atoms with E-state index in [0.29, 0.717) is 12.5 Å². The number of carbonyl (C=O) groups is 2. The molecule has 0 amide bonds. The maximum absolute atomic E-state index is 11.3. The molecule has 0 radical (unpaired) electrons. The zero-order chi connectivity index (χ0) is 13.2. The molecule has 17 heavy (non-hydrogen) atoms. The molecule has 0 aliphatic heterocycles. The first-order chi connectivity index (χ1) is 7.76. The third-order valence-corrected chi connectivity index (χ3v) is 3.18. The highest BCUT2D eigenvalue weighted by atomic mass is 16.5. The Balaban J connectivity index is 2.45. The largest absolute Gasteiger partial charge is 0.481 e. The van der Waals surface area contributed by atoms with Crippen molar-refractivity contribution in [2.45, 2.75) is 27.7 Å². The number of allylic oxidation sites excluding steroid dienone is 1. The van der Waals surface area contributed by atoms with Crippen LogP contribution in [0.25, 0.3) is 0 Å². The number of hydrogen-bond acceptors (Lipinski definition) is 3. The van der Waals surface area contributed by atoms with Crippen molar-refractivity contribution < 1.29 is 19.4 Å². The van der Waals surface area contributed by atoms with Gasteiger partial charge in [-0.3, -0.25) is 4.79 Å². The van der Waals surface area contributed by atoms with Gasteiger partial charge in [0, 0.05) is 6.08 Å². The highest BCUT2D eigenvalue weighted by molar-refractivity contribution is 5.83. The molecule has 1 saturated carbocycles. The SMILES string of the molecule is CC(C)COC(=O)C=CC1C(C(=O)O)C1(C)C. The van der Waals surface area contributed by atoms with Crippen molar-refractivity contribution in [3.63, 3.8) is 0 Å². The lowest BCUT2D eigenvalue weighted by Gasteiger charge is -2.03. The molecule has 2 unspecified atom stereocenters. The molecule has 2 atom stereocenters. The predicted octanol–water partition coefficient (Wildman–Crippen LogP) is 2.10. The predicted molar refractivity (Wildman–Crippen MR) is 63.3 cm³/mol. The number of carbonyl (C=O) groups excluding carboxylic acids is 1. The van der Waals surface area contributed by atoms with E-state index in [2.05, 4.69) is 0 Å². The molecule has 0 aromatic rings. The zero-order valence-electron chi connectivity index (χ0n) is 10.8. The van der Waals surface area contributed by atoms with Crippen molar-refractivity contribution in [2.24, 2.45) is 23.2 Å². The van der Waals surface area contributed by atoms with Crippen LogP contribution in [-0.2, 0) is 14.3 Å². The quantitative estimate of drug-likeness (QED) is 0.590. The zero-order valence-corrected chi connectivity index (χ0v) is 10.8. The van der Waals surface area contributed by atoms with Gasteiger partial charge in [-0.05, 0) is 17.3 Å². The van der Waals surface area contributed by atoms with E-state index < -0.39 is 17.9 Å². The summed E-state index contributed by atoms with van der Waals surface area (Å²) in [5.41, 5.74) is -0.263. The van der Waals surface area contributed by atoms with Crippen molar-refractivity contribution in [1.82, 2.24) is 0 Å². The third kappa shape index (κ3) is 3.32. The number of hydrogen-bond donors (Lipinski definition) is 1. The fourth-order valence-electron chi connectivity index (χ4n) is 1.99. The minimum Gasteiger partial charge on any atom is -0.481 e. The van der Waals surface area contributed by atoms with E-state index in [1.807, 2.05) is 27.7 Å². The summed E-state index contributed by atoms with van der Waals surface area (Å²) in [6, 6.07) is 0. The molecule has 0 bridgehead atoms. The standard InChI is InChI=1S/C13H20O4/c1-8(2)7-17-10(14)6-5-9-11(12(15)16)13(9,3)4/h5-6,8-9,11H,7H2,1-4H3,(H,15,16).